The molecule has 1 aliphatic carbocycles. The number of hydrogen-bond acceptors (Lipinski definition) is 2. The molecule has 0 radical (unpaired) electrons. The summed E-state index contributed by atoms with van der Waals surface area (Å²) in [4.78, 5) is 0. The van der Waals surface area contributed by atoms with Gasteiger partial charge < -0.3 is 10.1 Å². The Balaban J connectivity index is 2.13. The highest BCUT2D eigenvalue weighted by molar-refractivity contribution is 4.89. The molecule has 0 aromatic rings. The van der Waals surface area contributed by atoms with E-state index in [0.717, 1.165) is 19.8 Å². The first-order valence-corrected chi connectivity index (χ1v) is 6.11. The van der Waals surface area contributed by atoms with Crippen LogP contribution in [0.25, 0.3) is 0 Å². The largest absolute Gasteiger partial charge is 0.382 e. The van der Waals surface area contributed by atoms with Crippen molar-refractivity contribution >= 4 is 0 Å². The van der Waals surface area contributed by atoms with Crippen molar-refractivity contribution < 1.29 is 4.74 Å². The zero-order chi connectivity index (χ0) is 10.3. The average molecular weight is 199 g/mol. The first kappa shape index (κ1) is 12.0. The summed E-state index contributed by atoms with van der Waals surface area (Å²) in [5.74, 6) is 0. The molecule has 1 aliphatic rings. The highest BCUT2D eigenvalue weighted by Gasteiger charge is 2.35. The maximum atomic E-state index is 5.44. The second-order valence-corrected chi connectivity index (χ2v) is 4.48. The van der Waals surface area contributed by atoms with Crippen LogP contribution in [-0.4, -0.2) is 26.3 Å². The molecule has 0 amide bonds. The molecule has 14 heavy (non-hydrogen) atoms. The molecule has 0 aromatic heterocycles. The van der Waals surface area contributed by atoms with Gasteiger partial charge in [0, 0.05) is 19.8 Å². The fourth-order valence-corrected chi connectivity index (χ4v) is 2.16. The lowest BCUT2D eigenvalue weighted by atomic mass is 9.67. The standard InChI is InChI=1S/C12H25NO/c1-3-9-13-11-12(6-5-7-12)8-10-14-4-2/h13H,3-11H2,1-2H3. The summed E-state index contributed by atoms with van der Waals surface area (Å²) in [6.07, 6.45) is 6.70. The van der Waals surface area contributed by atoms with Gasteiger partial charge in [0.1, 0.15) is 0 Å². The molecule has 0 bridgehead atoms. The van der Waals surface area contributed by atoms with Gasteiger partial charge in [-0.15, -0.1) is 0 Å². The van der Waals surface area contributed by atoms with Gasteiger partial charge in [-0.1, -0.05) is 13.3 Å². The zero-order valence-electron chi connectivity index (χ0n) is 9.77. The Bertz CT molecular complexity index is 131. The maximum absolute atomic E-state index is 5.44. The minimum atomic E-state index is 0.588. The van der Waals surface area contributed by atoms with E-state index in [2.05, 4.69) is 19.2 Å². The molecule has 1 rings (SSSR count). The highest BCUT2D eigenvalue weighted by atomic mass is 16.5. The van der Waals surface area contributed by atoms with Crippen LogP contribution in [0.3, 0.4) is 0 Å². The van der Waals surface area contributed by atoms with E-state index < -0.39 is 0 Å². The van der Waals surface area contributed by atoms with E-state index in [9.17, 15) is 0 Å². The van der Waals surface area contributed by atoms with E-state index in [1.807, 2.05) is 0 Å². The maximum Gasteiger partial charge on any atom is 0.0471 e. The van der Waals surface area contributed by atoms with Gasteiger partial charge >= 0.3 is 0 Å². The van der Waals surface area contributed by atoms with E-state index in [4.69, 9.17) is 4.74 Å². The van der Waals surface area contributed by atoms with Gasteiger partial charge in [0.2, 0.25) is 0 Å². The fourth-order valence-electron chi connectivity index (χ4n) is 2.16. The quantitative estimate of drug-likeness (QED) is 0.607. The second kappa shape index (κ2) is 6.41. The Morgan fingerprint density at radius 3 is 2.57 bits per heavy atom. The van der Waals surface area contributed by atoms with Gasteiger partial charge in [-0.2, -0.15) is 0 Å². The Kier molecular flexibility index (Phi) is 5.49. The van der Waals surface area contributed by atoms with Crippen molar-refractivity contribution in [2.45, 2.75) is 46.0 Å². The van der Waals surface area contributed by atoms with Gasteiger partial charge in [0.05, 0.1) is 0 Å². The molecule has 0 aromatic carbocycles. The van der Waals surface area contributed by atoms with Gasteiger partial charge in [0.25, 0.3) is 0 Å². The van der Waals surface area contributed by atoms with E-state index in [1.54, 1.807) is 0 Å². The minimum Gasteiger partial charge on any atom is -0.382 e. The zero-order valence-corrected chi connectivity index (χ0v) is 9.77. The Morgan fingerprint density at radius 2 is 2.07 bits per heavy atom. The third-order valence-corrected chi connectivity index (χ3v) is 3.32. The lowest BCUT2D eigenvalue weighted by molar-refractivity contribution is 0.0542. The molecule has 0 unspecified atom stereocenters. The molecular weight excluding hydrogens is 174 g/mol. The normalized spacial score (nSPS) is 19.3. The molecule has 2 heteroatoms. The van der Waals surface area contributed by atoms with Crippen molar-refractivity contribution in [3.63, 3.8) is 0 Å². The summed E-state index contributed by atoms with van der Waals surface area (Å²) >= 11 is 0. The van der Waals surface area contributed by atoms with Crippen molar-refractivity contribution in [2.24, 2.45) is 5.41 Å². The second-order valence-electron chi connectivity index (χ2n) is 4.48. The Morgan fingerprint density at radius 1 is 1.29 bits per heavy atom. The number of nitrogens with one attached hydrogen (secondary N) is 1. The lowest BCUT2D eigenvalue weighted by Gasteiger charge is -2.42. The molecule has 84 valence electrons. The summed E-state index contributed by atoms with van der Waals surface area (Å²) in [6.45, 7) is 8.47. The van der Waals surface area contributed by atoms with E-state index >= 15 is 0 Å². The van der Waals surface area contributed by atoms with Crippen LogP contribution in [0.2, 0.25) is 0 Å². The molecule has 2 nitrogen and oxygen atoms in total. The summed E-state index contributed by atoms with van der Waals surface area (Å²) < 4.78 is 5.44. The van der Waals surface area contributed by atoms with E-state index in [-0.39, 0.29) is 0 Å². The Hall–Kier alpha value is -0.0800. The van der Waals surface area contributed by atoms with Crippen LogP contribution in [0, 0.1) is 5.41 Å². The van der Waals surface area contributed by atoms with E-state index in [1.165, 1.54) is 38.6 Å². The third kappa shape index (κ3) is 3.58. The predicted molar refractivity (Wildman–Crippen MR) is 60.6 cm³/mol. The topological polar surface area (TPSA) is 21.3 Å². The van der Waals surface area contributed by atoms with Gasteiger partial charge in [0.15, 0.2) is 0 Å². The summed E-state index contributed by atoms with van der Waals surface area (Å²) in [7, 11) is 0. The predicted octanol–water partition coefficient (Wildman–Crippen LogP) is 2.58. The van der Waals surface area contributed by atoms with Crippen LogP contribution in [-0.2, 0) is 4.74 Å². The van der Waals surface area contributed by atoms with Crippen LogP contribution in [0.15, 0.2) is 0 Å². The van der Waals surface area contributed by atoms with Crippen molar-refractivity contribution in [1.82, 2.24) is 5.32 Å². The van der Waals surface area contributed by atoms with Crippen LogP contribution in [0.1, 0.15) is 46.0 Å². The van der Waals surface area contributed by atoms with Crippen molar-refractivity contribution in [3.8, 4) is 0 Å². The monoisotopic (exact) mass is 199 g/mol. The van der Waals surface area contributed by atoms with Crippen LogP contribution in [0.5, 0.6) is 0 Å². The first-order chi connectivity index (χ1) is 6.83. The molecule has 0 aliphatic heterocycles. The number of hydrogen-bond donors (Lipinski definition) is 1. The number of ether oxygens (including phenoxy) is 1. The average Bonchev–Trinajstić information content (AvgIpc) is 2.13. The molecule has 0 spiro atoms. The molecule has 1 saturated carbocycles. The fraction of sp³-hybridized carbons (Fsp3) is 1.00. The smallest absolute Gasteiger partial charge is 0.0471 e. The van der Waals surface area contributed by atoms with E-state index in [0.29, 0.717) is 5.41 Å². The molecule has 0 atom stereocenters. The molecule has 0 saturated heterocycles. The van der Waals surface area contributed by atoms with Gasteiger partial charge in [-0.25, -0.2) is 0 Å². The highest BCUT2D eigenvalue weighted by Crippen LogP contribution is 2.43. The molecule has 0 heterocycles. The van der Waals surface area contributed by atoms with Gasteiger partial charge in [-0.3, -0.25) is 0 Å². The lowest BCUT2D eigenvalue weighted by Crippen LogP contribution is -2.41. The Labute approximate surface area is 88.4 Å². The molecule has 1 fully saturated rings. The SMILES string of the molecule is CCCNCC1(CCOCC)CCC1. The minimum absolute atomic E-state index is 0.588. The van der Waals surface area contributed by atoms with Crippen molar-refractivity contribution in [2.75, 3.05) is 26.3 Å². The summed E-state index contributed by atoms with van der Waals surface area (Å²) in [5, 5.41) is 3.55. The molecule has 1 N–H and O–H groups in total. The van der Waals surface area contributed by atoms with Crippen molar-refractivity contribution in [3.05, 3.63) is 0 Å². The van der Waals surface area contributed by atoms with Crippen LogP contribution in [0.4, 0.5) is 0 Å². The van der Waals surface area contributed by atoms with Gasteiger partial charge in [-0.05, 0) is 44.6 Å². The van der Waals surface area contributed by atoms with Crippen LogP contribution < -0.4 is 5.32 Å². The summed E-state index contributed by atoms with van der Waals surface area (Å²) in [5.41, 5.74) is 0.588. The van der Waals surface area contributed by atoms with Crippen LogP contribution >= 0.6 is 0 Å². The molecular formula is C12H25NO. The third-order valence-electron chi connectivity index (χ3n) is 3.32. The summed E-state index contributed by atoms with van der Waals surface area (Å²) in [6, 6.07) is 0. The first-order valence-electron chi connectivity index (χ1n) is 6.11. The number of rotatable bonds is 8. The van der Waals surface area contributed by atoms with Crippen molar-refractivity contribution in [1.29, 1.82) is 0 Å².